The fraction of sp³-hybridized carbons (Fsp3) is 0.929. The molecule has 4 saturated carbocycles. The molecule has 0 spiro atoms. The summed E-state index contributed by atoms with van der Waals surface area (Å²) in [5.74, 6) is -0.210. The second kappa shape index (κ2) is 9.11. The molecule has 34 heavy (non-hydrogen) atoms. The van der Waals surface area contributed by atoms with E-state index in [0.29, 0.717) is 25.2 Å². The molecule has 0 aliphatic heterocycles. The number of rotatable bonds is 6. The van der Waals surface area contributed by atoms with Gasteiger partial charge in [0, 0.05) is 24.9 Å². The third-order valence-electron chi connectivity index (χ3n) is 11.4. The normalized spacial score (nSPS) is 52.3. The lowest BCUT2D eigenvalue weighted by molar-refractivity contribution is -0.280. The highest BCUT2D eigenvalue weighted by Gasteiger charge is 2.71. The standard InChI is InChI=1S/C28H48O6/c1-15(17(3)14-29)6-7-16(2)18-12-20(31)25-26(18,4)11-9-22-27(5)10-8-19(30)24(33)23(27)21(32)13-28(22,25)34/h16-25,29-34H,1,6-14H2,2-5H3/t16?,17-,18?,19+,20-,21?,22?,23?,24+,25?,26-,27-,28+/m1/s1. The molecule has 0 amide bonds. The first-order chi connectivity index (χ1) is 15.8. The van der Waals surface area contributed by atoms with Crippen LogP contribution in [-0.2, 0) is 0 Å². The Bertz CT molecular complexity index is 772. The highest BCUT2D eigenvalue weighted by molar-refractivity contribution is 5.21. The quantitative estimate of drug-likeness (QED) is 0.325. The van der Waals surface area contributed by atoms with Gasteiger partial charge in [-0.1, -0.05) is 39.8 Å². The SMILES string of the molecule is C=C(CCC(C)C1C[C@@H](O)C2[C@]1(C)CCC1[C@@]3(C)CC[C@H](O)[C@H](O)C3C(O)C[C@]12O)[C@H](C)CO. The third-order valence-corrected chi connectivity index (χ3v) is 11.4. The average molecular weight is 481 g/mol. The second-order valence-electron chi connectivity index (χ2n) is 13.1. The zero-order chi connectivity index (χ0) is 25.2. The van der Waals surface area contributed by atoms with Gasteiger partial charge < -0.3 is 30.6 Å². The Kier molecular flexibility index (Phi) is 7.12. The van der Waals surface area contributed by atoms with Crippen molar-refractivity contribution in [3.05, 3.63) is 12.2 Å². The summed E-state index contributed by atoms with van der Waals surface area (Å²) in [7, 11) is 0. The molecule has 0 saturated heterocycles. The Morgan fingerprint density at radius 3 is 2.26 bits per heavy atom. The first-order valence-corrected chi connectivity index (χ1v) is 13.5. The van der Waals surface area contributed by atoms with Crippen LogP contribution in [-0.4, -0.2) is 67.3 Å². The Balaban J connectivity index is 1.59. The summed E-state index contributed by atoms with van der Waals surface area (Å²) in [5, 5.41) is 65.5. The maximum atomic E-state index is 12.3. The van der Waals surface area contributed by atoms with Gasteiger partial charge in [0.15, 0.2) is 0 Å². The van der Waals surface area contributed by atoms with Crippen LogP contribution < -0.4 is 0 Å². The van der Waals surface area contributed by atoms with Gasteiger partial charge in [-0.25, -0.2) is 0 Å². The summed E-state index contributed by atoms with van der Waals surface area (Å²) in [6.07, 6.45) is 2.05. The van der Waals surface area contributed by atoms with Crippen LogP contribution in [0.2, 0.25) is 0 Å². The van der Waals surface area contributed by atoms with Crippen molar-refractivity contribution in [2.45, 2.75) is 109 Å². The number of hydrogen-bond donors (Lipinski definition) is 6. The van der Waals surface area contributed by atoms with Gasteiger partial charge in [-0.2, -0.15) is 0 Å². The van der Waals surface area contributed by atoms with Gasteiger partial charge in [-0.3, -0.25) is 0 Å². The molecular formula is C28H48O6. The van der Waals surface area contributed by atoms with Gasteiger partial charge in [0.25, 0.3) is 0 Å². The molecule has 0 bridgehead atoms. The molecule has 0 aromatic heterocycles. The van der Waals surface area contributed by atoms with Gasteiger partial charge in [-0.15, -0.1) is 0 Å². The molecule has 4 aliphatic rings. The van der Waals surface area contributed by atoms with Crippen molar-refractivity contribution in [3.8, 4) is 0 Å². The maximum absolute atomic E-state index is 12.3. The number of fused-ring (bicyclic) bond motifs is 5. The van der Waals surface area contributed by atoms with E-state index in [-0.39, 0.29) is 42.1 Å². The van der Waals surface area contributed by atoms with E-state index in [2.05, 4.69) is 27.4 Å². The monoisotopic (exact) mass is 480 g/mol. The fourth-order valence-corrected chi connectivity index (χ4v) is 9.51. The van der Waals surface area contributed by atoms with Crippen LogP contribution in [0.25, 0.3) is 0 Å². The highest BCUT2D eigenvalue weighted by Crippen LogP contribution is 2.69. The number of aliphatic hydroxyl groups is 6. The molecule has 6 N–H and O–H groups in total. The van der Waals surface area contributed by atoms with Gasteiger partial charge in [0.1, 0.15) is 0 Å². The van der Waals surface area contributed by atoms with E-state index in [9.17, 15) is 30.6 Å². The van der Waals surface area contributed by atoms with E-state index >= 15 is 0 Å². The van der Waals surface area contributed by atoms with E-state index in [4.69, 9.17) is 0 Å². The average Bonchev–Trinajstić information content (AvgIpc) is 3.05. The van der Waals surface area contributed by atoms with Crippen LogP contribution in [0.1, 0.15) is 79.1 Å². The molecule has 6 unspecified atom stereocenters. The molecule has 196 valence electrons. The molecule has 4 rings (SSSR count). The van der Waals surface area contributed by atoms with E-state index in [1.165, 1.54) is 0 Å². The smallest absolute Gasteiger partial charge is 0.0857 e. The molecule has 0 aromatic carbocycles. The van der Waals surface area contributed by atoms with E-state index < -0.39 is 41.3 Å². The molecule has 0 aromatic rings. The summed E-state index contributed by atoms with van der Waals surface area (Å²) in [6, 6.07) is 0. The van der Waals surface area contributed by atoms with Crippen molar-refractivity contribution in [3.63, 3.8) is 0 Å². The van der Waals surface area contributed by atoms with Crippen LogP contribution in [0, 0.1) is 46.3 Å². The van der Waals surface area contributed by atoms with Crippen molar-refractivity contribution in [2.75, 3.05) is 6.61 Å². The summed E-state index contributed by atoms with van der Waals surface area (Å²) < 4.78 is 0. The second-order valence-corrected chi connectivity index (χ2v) is 13.1. The molecule has 6 nitrogen and oxygen atoms in total. The largest absolute Gasteiger partial charge is 0.396 e. The van der Waals surface area contributed by atoms with Crippen LogP contribution in [0.3, 0.4) is 0 Å². The molecule has 4 aliphatic carbocycles. The van der Waals surface area contributed by atoms with Crippen molar-refractivity contribution < 1.29 is 30.6 Å². The zero-order valence-corrected chi connectivity index (χ0v) is 21.5. The molecule has 0 heterocycles. The predicted octanol–water partition coefficient (Wildman–Crippen LogP) is 2.63. The molecule has 4 fully saturated rings. The third kappa shape index (κ3) is 3.83. The van der Waals surface area contributed by atoms with Crippen molar-refractivity contribution in [1.82, 2.24) is 0 Å². The fourth-order valence-electron chi connectivity index (χ4n) is 9.51. The molecule has 13 atom stereocenters. The lowest BCUT2D eigenvalue weighted by atomic mass is 9.41. The number of hydrogen-bond acceptors (Lipinski definition) is 6. The van der Waals surface area contributed by atoms with E-state index in [0.717, 1.165) is 31.3 Å². The van der Waals surface area contributed by atoms with Crippen molar-refractivity contribution in [1.29, 1.82) is 0 Å². The van der Waals surface area contributed by atoms with Crippen molar-refractivity contribution in [2.24, 2.45) is 46.3 Å². The van der Waals surface area contributed by atoms with Crippen LogP contribution in [0.15, 0.2) is 12.2 Å². The van der Waals surface area contributed by atoms with Gasteiger partial charge in [0.05, 0.1) is 30.0 Å². The Morgan fingerprint density at radius 2 is 1.62 bits per heavy atom. The van der Waals surface area contributed by atoms with E-state index in [1.54, 1.807) is 0 Å². The summed E-state index contributed by atoms with van der Waals surface area (Å²) in [5.41, 5.74) is -0.843. The van der Waals surface area contributed by atoms with E-state index in [1.807, 2.05) is 6.92 Å². The minimum absolute atomic E-state index is 0.0858. The summed E-state index contributed by atoms with van der Waals surface area (Å²) >= 11 is 0. The zero-order valence-electron chi connectivity index (χ0n) is 21.5. The summed E-state index contributed by atoms with van der Waals surface area (Å²) in [4.78, 5) is 0. The van der Waals surface area contributed by atoms with Gasteiger partial charge >= 0.3 is 0 Å². The Hall–Kier alpha value is -0.500. The molecule has 0 radical (unpaired) electrons. The van der Waals surface area contributed by atoms with Gasteiger partial charge in [-0.05, 0) is 79.4 Å². The predicted molar refractivity (Wildman–Crippen MR) is 131 cm³/mol. The molecule has 6 heteroatoms. The molecular weight excluding hydrogens is 432 g/mol. The van der Waals surface area contributed by atoms with Crippen LogP contribution >= 0.6 is 0 Å². The lowest BCUT2D eigenvalue weighted by Crippen LogP contribution is -2.70. The first kappa shape index (κ1) is 26.6. The van der Waals surface area contributed by atoms with Crippen molar-refractivity contribution >= 4 is 0 Å². The minimum atomic E-state index is -1.19. The maximum Gasteiger partial charge on any atom is 0.0857 e. The minimum Gasteiger partial charge on any atom is -0.396 e. The van der Waals surface area contributed by atoms with Gasteiger partial charge in [0.2, 0.25) is 0 Å². The van der Waals surface area contributed by atoms with Crippen LogP contribution in [0.4, 0.5) is 0 Å². The summed E-state index contributed by atoms with van der Waals surface area (Å²) in [6.45, 7) is 12.8. The van der Waals surface area contributed by atoms with Crippen LogP contribution in [0.5, 0.6) is 0 Å². The lowest BCUT2D eigenvalue weighted by Gasteiger charge is -2.66. The Labute approximate surface area is 205 Å². The highest BCUT2D eigenvalue weighted by atomic mass is 16.3. The Morgan fingerprint density at radius 1 is 0.971 bits per heavy atom. The first-order valence-electron chi connectivity index (χ1n) is 13.5. The topological polar surface area (TPSA) is 121 Å². The number of aliphatic hydroxyl groups excluding tert-OH is 5.